The Morgan fingerprint density at radius 3 is 2.81 bits per heavy atom. The molecule has 1 aliphatic rings. The first-order chi connectivity index (χ1) is 7.63. The number of nitrogens with one attached hydrogen (secondary N) is 1. The zero-order valence-corrected chi connectivity index (χ0v) is 12.1. The maximum absolute atomic E-state index is 3.67. The van der Waals surface area contributed by atoms with Gasteiger partial charge < -0.3 is 5.32 Å². The van der Waals surface area contributed by atoms with Gasteiger partial charge in [0.15, 0.2) is 0 Å². The Balaban J connectivity index is 2.30. The number of hydrogen-bond donors (Lipinski definition) is 1. The molecule has 1 N–H and O–H groups in total. The van der Waals surface area contributed by atoms with Gasteiger partial charge in [0.2, 0.25) is 0 Å². The van der Waals surface area contributed by atoms with Crippen LogP contribution in [-0.4, -0.2) is 48.1 Å². The summed E-state index contributed by atoms with van der Waals surface area (Å²) in [6.07, 6.45) is 1.31. The molecule has 1 aliphatic heterocycles. The van der Waals surface area contributed by atoms with E-state index in [4.69, 9.17) is 0 Å². The maximum atomic E-state index is 3.67. The molecule has 2 nitrogen and oxygen atoms in total. The summed E-state index contributed by atoms with van der Waals surface area (Å²) in [7, 11) is 0. The molecule has 0 amide bonds. The van der Waals surface area contributed by atoms with E-state index in [9.17, 15) is 0 Å². The first-order valence-corrected chi connectivity index (χ1v) is 7.84. The van der Waals surface area contributed by atoms with Crippen LogP contribution in [0.4, 0.5) is 0 Å². The van der Waals surface area contributed by atoms with Gasteiger partial charge in [0, 0.05) is 37.5 Å². The molecular weight excluding hydrogens is 216 g/mol. The molecule has 96 valence electrons. The number of piperazine rings is 1. The maximum Gasteiger partial charge on any atom is 0.0198 e. The number of rotatable bonds is 6. The van der Waals surface area contributed by atoms with Crippen LogP contribution in [0.2, 0.25) is 0 Å². The molecule has 0 bridgehead atoms. The summed E-state index contributed by atoms with van der Waals surface area (Å²) in [5.41, 5.74) is 0. The van der Waals surface area contributed by atoms with Crippen LogP contribution in [-0.2, 0) is 0 Å². The lowest BCUT2D eigenvalue weighted by Gasteiger charge is -2.39. The molecule has 1 heterocycles. The minimum Gasteiger partial charge on any atom is -0.311 e. The van der Waals surface area contributed by atoms with E-state index in [1.807, 2.05) is 0 Å². The van der Waals surface area contributed by atoms with E-state index >= 15 is 0 Å². The first-order valence-electron chi connectivity index (χ1n) is 6.68. The van der Waals surface area contributed by atoms with Gasteiger partial charge in [0.25, 0.3) is 0 Å². The lowest BCUT2D eigenvalue weighted by Crippen LogP contribution is -2.56. The fourth-order valence-electron chi connectivity index (χ4n) is 2.36. The quantitative estimate of drug-likeness (QED) is 0.723. The Kier molecular flexibility index (Phi) is 6.78. The van der Waals surface area contributed by atoms with Crippen molar-refractivity contribution in [2.24, 2.45) is 5.92 Å². The molecule has 0 aromatic carbocycles. The zero-order valence-electron chi connectivity index (χ0n) is 11.3. The summed E-state index contributed by atoms with van der Waals surface area (Å²) < 4.78 is 0. The van der Waals surface area contributed by atoms with Gasteiger partial charge in [0.1, 0.15) is 0 Å². The van der Waals surface area contributed by atoms with Gasteiger partial charge >= 0.3 is 0 Å². The molecule has 2 unspecified atom stereocenters. The summed E-state index contributed by atoms with van der Waals surface area (Å²) in [5.74, 6) is 3.34. The van der Waals surface area contributed by atoms with Crippen molar-refractivity contribution in [3.05, 3.63) is 0 Å². The molecule has 0 aliphatic carbocycles. The molecule has 0 spiro atoms. The second kappa shape index (κ2) is 7.57. The van der Waals surface area contributed by atoms with E-state index in [-0.39, 0.29) is 0 Å². The molecule has 2 atom stereocenters. The monoisotopic (exact) mass is 244 g/mol. The molecule has 0 saturated carbocycles. The second-order valence-electron chi connectivity index (χ2n) is 5.28. The molecule has 3 heteroatoms. The molecular formula is C13H28N2S. The van der Waals surface area contributed by atoms with Crippen LogP contribution in [0.25, 0.3) is 0 Å². The minimum absolute atomic E-state index is 0.709. The molecule has 0 aromatic heterocycles. The van der Waals surface area contributed by atoms with Crippen LogP contribution in [0, 0.1) is 5.92 Å². The minimum atomic E-state index is 0.709. The molecule has 1 fully saturated rings. The third kappa shape index (κ3) is 5.07. The predicted octanol–water partition coefficient (Wildman–Crippen LogP) is 2.45. The fraction of sp³-hybridized carbons (Fsp3) is 1.00. The summed E-state index contributed by atoms with van der Waals surface area (Å²) in [4.78, 5) is 2.66. The van der Waals surface area contributed by atoms with Crippen LogP contribution in [0.5, 0.6) is 0 Å². The van der Waals surface area contributed by atoms with Gasteiger partial charge in [-0.3, -0.25) is 4.90 Å². The van der Waals surface area contributed by atoms with Crippen molar-refractivity contribution in [3.8, 4) is 0 Å². The van der Waals surface area contributed by atoms with Gasteiger partial charge in [0.05, 0.1) is 0 Å². The molecule has 0 radical (unpaired) electrons. The van der Waals surface area contributed by atoms with Crippen molar-refractivity contribution in [3.63, 3.8) is 0 Å². The summed E-state index contributed by atoms with van der Waals surface area (Å²) in [6, 6.07) is 1.42. The lowest BCUT2D eigenvalue weighted by atomic mass is 10.0. The molecule has 0 aromatic rings. The highest BCUT2D eigenvalue weighted by molar-refractivity contribution is 7.99. The summed E-state index contributed by atoms with van der Waals surface area (Å²) in [6.45, 7) is 12.9. The highest BCUT2D eigenvalue weighted by Gasteiger charge is 2.24. The SMILES string of the molecule is CCSCCN1CC(CC(C)C)NCC1C. The smallest absolute Gasteiger partial charge is 0.0198 e. The number of hydrogen-bond acceptors (Lipinski definition) is 3. The van der Waals surface area contributed by atoms with E-state index in [1.54, 1.807) is 0 Å². The second-order valence-corrected chi connectivity index (χ2v) is 6.67. The zero-order chi connectivity index (χ0) is 12.0. The Labute approximate surface area is 106 Å². The van der Waals surface area contributed by atoms with E-state index in [1.165, 1.54) is 31.0 Å². The highest BCUT2D eigenvalue weighted by Crippen LogP contribution is 2.13. The van der Waals surface area contributed by atoms with Crippen molar-refractivity contribution in [2.45, 2.75) is 46.2 Å². The lowest BCUT2D eigenvalue weighted by molar-refractivity contribution is 0.140. The van der Waals surface area contributed by atoms with Gasteiger partial charge in [-0.25, -0.2) is 0 Å². The van der Waals surface area contributed by atoms with E-state index in [2.05, 4.69) is 49.7 Å². The fourth-order valence-corrected chi connectivity index (χ4v) is 3.01. The summed E-state index contributed by atoms with van der Waals surface area (Å²) >= 11 is 2.06. The van der Waals surface area contributed by atoms with Gasteiger partial charge in [-0.05, 0) is 25.0 Å². The average molecular weight is 244 g/mol. The van der Waals surface area contributed by atoms with Crippen LogP contribution in [0.15, 0.2) is 0 Å². The van der Waals surface area contributed by atoms with Crippen molar-refractivity contribution in [1.29, 1.82) is 0 Å². The largest absolute Gasteiger partial charge is 0.311 e. The normalized spacial score (nSPS) is 27.6. The first kappa shape index (κ1) is 14.3. The van der Waals surface area contributed by atoms with Gasteiger partial charge in [-0.2, -0.15) is 11.8 Å². The predicted molar refractivity (Wildman–Crippen MR) is 75.3 cm³/mol. The van der Waals surface area contributed by atoms with Crippen LogP contribution in [0.1, 0.15) is 34.1 Å². The molecule has 1 rings (SSSR count). The van der Waals surface area contributed by atoms with Gasteiger partial charge in [-0.1, -0.05) is 20.8 Å². The number of thioether (sulfide) groups is 1. The van der Waals surface area contributed by atoms with Crippen LogP contribution in [0.3, 0.4) is 0 Å². The number of nitrogens with zero attached hydrogens (tertiary/aromatic N) is 1. The highest BCUT2D eigenvalue weighted by atomic mass is 32.2. The Hall–Kier alpha value is 0.270. The molecule has 16 heavy (non-hydrogen) atoms. The van der Waals surface area contributed by atoms with Crippen molar-refractivity contribution >= 4 is 11.8 Å². The van der Waals surface area contributed by atoms with Crippen molar-refractivity contribution < 1.29 is 0 Å². The van der Waals surface area contributed by atoms with E-state index in [0.29, 0.717) is 12.1 Å². The standard InChI is InChI=1S/C13H28N2S/c1-5-16-7-6-15-10-13(8-11(2)3)14-9-12(15)4/h11-14H,5-10H2,1-4H3. The van der Waals surface area contributed by atoms with Crippen molar-refractivity contribution in [1.82, 2.24) is 10.2 Å². The Morgan fingerprint density at radius 1 is 1.44 bits per heavy atom. The van der Waals surface area contributed by atoms with Crippen LogP contribution < -0.4 is 5.32 Å². The van der Waals surface area contributed by atoms with Gasteiger partial charge in [-0.15, -0.1) is 0 Å². The van der Waals surface area contributed by atoms with E-state index < -0.39 is 0 Å². The molecule has 1 saturated heterocycles. The third-order valence-corrected chi connectivity index (χ3v) is 4.14. The summed E-state index contributed by atoms with van der Waals surface area (Å²) in [5, 5.41) is 3.67. The van der Waals surface area contributed by atoms with E-state index in [0.717, 1.165) is 12.5 Å². The Morgan fingerprint density at radius 2 is 2.19 bits per heavy atom. The average Bonchev–Trinajstić information content (AvgIpc) is 2.22. The Bertz CT molecular complexity index is 185. The van der Waals surface area contributed by atoms with Crippen molar-refractivity contribution in [2.75, 3.05) is 31.1 Å². The van der Waals surface area contributed by atoms with Crippen LogP contribution >= 0.6 is 11.8 Å². The topological polar surface area (TPSA) is 15.3 Å². The third-order valence-electron chi connectivity index (χ3n) is 3.26.